The molecule has 0 aliphatic carbocycles. The van der Waals surface area contributed by atoms with Gasteiger partial charge in [-0.05, 0) is 63.0 Å². The molecule has 0 aromatic carbocycles. The van der Waals surface area contributed by atoms with Crippen molar-refractivity contribution in [3.63, 3.8) is 0 Å². The van der Waals surface area contributed by atoms with Crippen LogP contribution < -0.4 is 5.32 Å². The zero-order valence-electron chi connectivity index (χ0n) is 12.7. The van der Waals surface area contributed by atoms with Gasteiger partial charge >= 0.3 is 0 Å². The lowest BCUT2D eigenvalue weighted by molar-refractivity contribution is 0.162. The highest BCUT2D eigenvalue weighted by molar-refractivity contribution is 7.98. The van der Waals surface area contributed by atoms with Crippen LogP contribution in [0.15, 0.2) is 11.1 Å². The molecule has 0 bridgehead atoms. The molecule has 0 fully saturated rings. The summed E-state index contributed by atoms with van der Waals surface area (Å²) in [6.45, 7) is 9.16. The number of hydrogen-bond donors (Lipinski definition) is 2. The largest absolute Gasteiger partial charge is 0.393 e. The highest BCUT2D eigenvalue weighted by atomic mass is 32.2. The van der Waals surface area contributed by atoms with E-state index in [1.807, 2.05) is 13.2 Å². The highest BCUT2D eigenvalue weighted by Gasteiger charge is 2.08. The topological polar surface area (TPSA) is 45.1 Å². The molecule has 0 radical (unpaired) electrons. The fourth-order valence-electron chi connectivity index (χ4n) is 2.12. The molecule has 1 rings (SSSR count). The first-order valence-corrected chi connectivity index (χ1v) is 8.10. The molecular formula is C15H26N2OS. The number of pyridine rings is 1. The number of nitrogens with one attached hydrogen (secondary N) is 1. The van der Waals surface area contributed by atoms with Crippen LogP contribution in [0.4, 0.5) is 5.82 Å². The molecule has 3 nitrogen and oxygen atoms in total. The maximum atomic E-state index is 9.35. The van der Waals surface area contributed by atoms with Crippen molar-refractivity contribution < 1.29 is 5.11 Å². The van der Waals surface area contributed by atoms with Gasteiger partial charge in [0.25, 0.3) is 0 Å². The normalized spacial score (nSPS) is 14.2. The lowest BCUT2D eigenvalue weighted by atomic mass is 10.0. The Labute approximate surface area is 121 Å². The molecule has 0 amide bonds. The molecule has 1 heterocycles. The molecule has 108 valence electrons. The Morgan fingerprint density at radius 1 is 1.37 bits per heavy atom. The van der Waals surface area contributed by atoms with Crippen LogP contribution in [-0.4, -0.2) is 29.0 Å². The molecule has 4 heteroatoms. The number of anilines is 1. The van der Waals surface area contributed by atoms with E-state index in [-0.39, 0.29) is 6.10 Å². The summed E-state index contributed by atoms with van der Waals surface area (Å²) in [5, 5.41) is 13.8. The van der Waals surface area contributed by atoms with Crippen LogP contribution in [0.5, 0.6) is 0 Å². The molecule has 2 N–H and O–H groups in total. The Kier molecular flexibility index (Phi) is 6.66. The van der Waals surface area contributed by atoms with E-state index >= 15 is 0 Å². The fourth-order valence-corrected chi connectivity index (χ4v) is 2.60. The van der Waals surface area contributed by atoms with Crippen LogP contribution in [0.1, 0.15) is 37.8 Å². The number of aromatic nitrogens is 1. The van der Waals surface area contributed by atoms with Crippen molar-refractivity contribution in [2.45, 2.75) is 51.7 Å². The summed E-state index contributed by atoms with van der Waals surface area (Å²) in [5.74, 6) is 1.52. The van der Waals surface area contributed by atoms with Gasteiger partial charge in [0.2, 0.25) is 0 Å². The molecule has 2 atom stereocenters. The number of aliphatic hydroxyl groups is 1. The van der Waals surface area contributed by atoms with Gasteiger partial charge in [-0.3, -0.25) is 0 Å². The van der Waals surface area contributed by atoms with Crippen molar-refractivity contribution >= 4 is 17.6 Å². The summed E-state index contributed by atoms with van der Waals surface area (Å²) in [6.07, 6.45) is 3.75. The molecular weight excluding hydrogens is 256 g/mol. The van der Waals surface area contributed by atoms with E-state index in [9.17, 15) is 5.11 Å². The smallest absolute Gasteiger partial charge is 0.130 e. The second-order valence-corrected chi connectivity index (χ2v) is 6.19. The first-order chi connectivity index (χ1) is 8.93. The Morgan fingerprint density at radius 3 is 2.63 bits per heavy atom. The second kappa shape index (κ2) is 7.75. The first-order valence-electron chi connectivity index (χ1n) is 6.88. The molecule has 1 aromatic heterocycles. The van der Waals surface area contributed by atoms with Crippen LogP contribution in [0.25, 0.3) is 0 Å². The van der Waals surface area contributed by atoms with E-state index in [1.54, 1.807) is 11.8 Å². The minimum absolute atomic E-state index is 0.211. The third kappa shape index (κ3) is 5.41. The van der Waals surface area contributed by atoms with E-state index in [2.05, 4.69) is 37.1 Å². The monoisotopic (exact) mass is 282 g/mol. The van der Waals surface area contributed by atoms with E-state index in [4.69, 9.17) is 0 Å². The van der Waals surface area contributed by atoms with Crippen LogP contribution >= 0.6 is 11.8 Å². The average Bonchev–Trinajstić information content (AvgIpc) is 2.33. The van der Waals surface area contributed by atoms with Gasteiger partial charge in [-0.25, -0.2) is 4.98 Å². The molecule has 0 aliphatic heterocycles. The van der Waals surface area contributed by atoms with E-state index in [0.717, 1.165) is 30.2 Å². The quantitative estimate of drug-likeness (QED) is 0.750. The summed E-state index contributed by atoms with van der Waals surface area (Å²) in [6, 6.07) is 2.13. The summed E-state index contributed by atoms with van der Waals surface area (Å²) in [5.41, 5.74) is 2.50. The number of hydrogen-bond acceptors (Lipinski definition) is 4. The maximum Gasteiger partial charge on any atom is 0.130 e. The summed E-state index contributed by atoms with van der Waals surface area (Å²) in [7, 11) is 0. The van der Waals surface area contributed by atoms with Gasteiger partial charge in [-0.15, -0.1) is 11.8 Å². The van der Waals surface area contributed by atoms with Gasteiger partial charge < -0.3 is 10.4 Å². The van der Waals surface area contributed by atoms with Gasteiger partial charge in [0, 0.05) is 6.54 Å². The number of nitrogens with zero attached hydrogens (tertiary/aromatic N) is 1. The SMILES string of the molecule is CSc1cc(C)c(C)c(NCCC(C)CC(C)O)n1. The standard InChI is InChI=1S/C15H26N2OS/c1-10(8-12(3)18)6-7-16-15-13(4)11(2)9-14(17-15)19-5/h9-10,12,18H,6-8H2,1-5H3,(H,16,17). The van der Waals surface area contributed by atoms with Crippen LogP contribution in [0.2, 0.25) is 0 Å². The van der Waals surface area contributed by atoms with Gasteiger partial charge in [-0.2, -0.15) is 0 Å². The van der Waals surface area contributed by atoms with Crippen molar-refractivity contribution in [2.75, 3.05) is 18.1 Å². The molecule has 2 unspecified atom stereocenters. The van der Waals surface area contributed by atoms with Crippen molar-refractivity contribution in [1.29, 1.82) is 0 Å². The molecule has 19 heavy (non-hydrogen) atoms. The van der Waals surface area contributed by atoms with E-state index in [1.165, 1.54) is 11.1 Å². The van der Waals surface area contributed by atoms with Gasteiger partial charge in [0.1, 0.15) is 5.82 Å². The third-order valence-electron chi connectivity index (χ3n) is 3.39. The predicted molar refractivity (Wildman–Crippen MR) is 84.1 cm³/mol. The predicted octanol–water partition coefficient (Wildman–Crippen LogP) is 3.63. The number of thioether (sulfide) groups is 1. The Bertz CT molecular complexity index is 407. The summed E-state index contributed by atoms with van der Waals surface area (Å²) >= 11 is 1.67. The number of aliphatic hydroxyl groups excluding tert-OH is 1. The minimum atomic E-state index is -0.211. The van der Waals surface area contributed by atoms with Crippen molar-refractivity contribution in [3.8, 4) is 0 Å². The van der Waals surface area contributed by atoms with Gasteiger partial charge in [0.15, 0.2) is 0 Å². The molecule has 0 saturated heterocycles. The molecule has 1 aromatic rings. The second-order valence-electron chi connectivity index (χ2n) is 5.36. The Hall–Kier alpha value is -0.740. The zero-order valence-corrected chi connectivity index (χ0v) is 13.5. The van der Waals surface area contributed by atoms with Crippen LogP contribution in [0, 0.1) is 19.8 Å². The Balaban J connectivity index is 2.55. The van der Waals surface area contributed by atoms with E-state index in [0.29, 0.717) is 5.92 Å². The number of aryl methyl sites for hydroxylation is 1. The van der Waals surface area contributed by atoms with Crippen molar-refractivity contribution in [1.82, 2.24) is 4.98 Å². The lowest BCUT2D eigenvalue weighted by Crippen LogP contribution is -2.13. The third-order valence-corrected chi connectivity index (χ3v) is 4.02. The lowest BCUT2D eigenvalue weighted by Gasteiger charge is -2.16. The summed E-state index contributed by atoms with van der Waals surface area (Å²) in [4.78, 5) is 4.61. The van der Waals surface area contributed by atoms with Gasteiger partial charge in [-0.1, -0.05) is 6.92 Å². The molecule has 0 spiro atoms. The van der Waals surface area contributed by atoms with Crippen molar-refractivity contribution in [2.24, 2.45) is 5.92 Å². The zero-order chi connectivity index (χ0) is 14.4. The molecule has 0 aliphatic rings. The maximum absolute atomic E-state index is 9.35. The summed E-state index contributed by atoms with van der Waals surface area (Å²) < 4.78 is 0. The Morgan fingerprint density at radius 2 is 2.05 bits per heavy atom. The minimum Gasteiger partial charge on any atom is -0.393 e. The van der Waals surface area contributed by atoms with Crippen LogP contribution in [0.3, 0.4) is 0 Å². The van der Waals surface area contributed by atoms with Crippen molar-refractivity contribution in [3.05, 3.63) is 17.2 Å². The fraction of sp³-hybridized carbons (Fsp3) is 0.667. The van der Waals surface area contributed by atoms with E-state index < -0.39 is 0 Å². The number of rotatable bonds is 7. The van der Waals surface area contributed by atoms with Gasteiger partial charge in [0.05, 0.1) is 11.1 Å². The average molecular weight is 282 g/mol. The molecule has 0 saturated carbocycles. The van der Waals surface area contributed by atoms with Crippen LogP contribution in [-0.2, 0) is 0 Å². The first kappa shape index (κ1) is 16.3. The highest BCUT2D eigenvalue weighted by Crippen LogP contribution is 2.22.